The normalized spacial score (nSPS) is 13.2. The number of unbranched alkanes of at least 4 members (excludes halogenated alkanes) is 1. The Morgan fingerprint density at radius 1 is 1.14 bits per heavy atom. The van der Waals surface area contributed by atoms with E-state index in [9.17, 15) is 13.2 Å². The summed E-state index contributed by atoms with van der Waals surface area (Å²) in [7, 11) is -3.45. The average Bonchev–Trinajstić information content (AvgIpc) is 2.47. The van der Waals surface area contributed by atoms with Crippen LogP contribution in [-0.2, 0) is 14.6 Å². The molecule has 0 N–H and O–H groups in total. The molecule has 21 heavy (non-hydrogen) atoms. The van der Waals surface area contributed by atoms with E-state index >= 15 is 0 Å². The highest BCUT2D eigenvalue weighted by Gasteiger charge is 2.34. The van der Waals surface area contributed by atoms with Gasteiger partial charge in [0.2, 0.25) is 5.91 Å². The zero-order valence-corrected chi connectivity index (χ0v) is 14.1. The predicted octanol–water partition coefficient (Wildman–Crippen LogP) is 3.03. The Kier molecular flexibility index (Phi) is 6.40. The number of hydrogen-bond donors (Lipinski definition) is 0. The molecule has 118 valence electrons. The van der Waals surface area contributed by atoms with Crippen LogP contribution < -0.4 is 4.90 Å². The molecule has 0 unspecified atom stereocenters. The summed E-state index contributed by atoms with van der Waals surface area (Å²) in [6.07, 6.45) is 1.79. The van der Waals surface area contributed by atoms with Crippen LogP contribution in [0, 0.1) is 0 Å². The molecule has 0 fully saturated rings. The number of hydrogen-bond acceptors (Lipinski definition) is 3. The molecule has 0 aliphatic rings. The highest BCUT2D eigenvalue weighted by molar-refractivity contribution is 7.93. The second kappa shape index (κ2) is 7.59. The lowest BCUT2D eigenvalue weighted by Crippen LogP contribution is -2.44. The van der Waals surface area contributed by atoms with Gasteiger partial charge in [0.05, 0.1) is 5.25 Å². The molecule has 0 bridgehead atoms. The largest absolute Gasteiger partial charge is 0.311 e. The Bertz CT molecular complexity index is 552. The van der Waals surface area contributed by atoms with E-state index in [4.69, 9.17) is 0 Å². The van der Waals surface area contributed by atoms with E-state index in [1.54, 1.807) is 18.7 Å². The highest BCUT2D eigenvalue weighted by atomic mass is 32.2. The summed E-state index contributed by atoms with van der Waals surface area (Å²) in [5.41, 5.74) is 0.752. The zero-order valence-electron chi connectivity index (χ0n) is 13.2. The Morgan fingerprint density at radius 2 is 1.71 bits per heavy atom. The summed E-state index contributed by atoms with van der Waals surface area (Å²) in [6, 6.07) is 9.25. The fraction of sp³-hybridized carbons (Fsp3) is 0.562. The minimum absolute atomic E-state index is 0.344. The molecule has 0 aliphatic carbocycles. The third-order valence-corrected chi connectivity index (χ3v) is 6.07. The van der Waals surface area contributed by atoms with Gasteiger partial charge in [-0.15, -0.1) is 0 Å². The molecule has 1 amide bonds. The third-order valence-electron chi connectivity index (χ3n) is 3.57. The maximum Gasteiger partial charge on any atom is 0.245 e. The van der Waals surface area contributed by atoms with Crippen molar-refractivity contribution in [3.8, 4) is 0 Å². The molecule has 1 rings (SSSR count). The average molecular weight is 311 g/mol. The number of benzene rings is 1. The molecule has 5 heteroatoms. The van der Waals surface area contributed by atoms with Crippen LogP contribution in [0.3, 0.4) is 0 Å². The van der Waals surface area contributed by atoms with Gasteiger partial charge in [-0.1, -0.05) is 31.5 Å². The highest BCUT2D eigenvalue weighted by Crippen LogP contribution is 2.19. The lowest BCUT2D eigenvalue weighted by Gasteiger charge is -2.26. The van der Waals surface area contributed by atoms with Crippen LogP contribution in [0.4, 0.5) is 5.69 Å². The van der Waals surface area contributed by atoms with Crippen LogP contribution in [0.25, 0.3) is 0 Å². The molecule has 0 aromatic heterocycles. The predicted molar refractivity (Wildman–Crippen MR) is 87.2 cm³/mol. The number of nitrogens with zero attached hydrogens (tertiary/aromatic N) is 1. The lowest BCUT2D eigenvalue weighted by molar-refractivity contribution is -0.118. The number of amides is 1. The Morgan fingerprint density at radius 3 is 2.19 bits per heavy atom. The first-order valence-corrected chi connectivity index (χ1v) is 9.02. The van der Waals surface area contributed by atoms with Gasteiger partial charge in [-0.25, -0.2) is 8.42 Å². The van der Waals surface area contributed by atoms with Gasteiger partial charge in [0, 0.05) is 12.2 Å². The molecule has 0 saturated heterocycles. The van der Waals surface area contributed by atoms with Crippen molar-refractivity contribution in [1.29, 1.82) is 0 Å². The van der Waals surface area contributed by atoms with Gasteiger partial charge in [-0.05, 0) is 39.3 Å². The number of para-hydroxylation sites is 1. The first kappa shape index (κ1) is 17.7. The van der Waals surface area contributed by atoms with Gasteiger partial charge >= 0.3 is 0 Å². The molecular formula is C16H25NO3S. The number of carbonyl (C=O) groups is 1. The molecule has 0 spiro atoms. The van der Waals surface area contributed by atoms with E-state index in [0.717, 1.165) is 18.5 Å². The second-order valence-corrected chi connectivity index (χ2v) is 8.29. The van der Waals surface area contributed by atoms with E-state index in [0.29, 0.717) is 6.54 Å². The van der Waals surface area contributed by atoms with Gasteiger partial charge < -0.3 is 4.90 Å². The molecule has 4 nitrogen and oxygen atoms in total. The fourth-order valence-corrected chi connectivity index (χ4v) is 3.28. The van der Waals surface area contributed by atoms with Crippen molar-refractivity contribution in [2.24, 2.45) is 0 Å². The molecular weight excluding hydrogens is 286 g/mol. The zero-order chi connectivity index (χ0) is 16.0. The first-order chi connectivity index (χ1) is 9.82. The standard InChI is InChI=1S/C16H25NO3S/c1-5-6-12-17(15-10-8-7-9-11-15)16(18)14(4)21(19,20)13(2)3/h7-11,13-14H,5-6,12H2,1-4H3/t14-/m1/s1. The summed E-state index contributed by atoms with van der Waals surface area (Å²) in [4.78, 5) is 14.2. The van der Waals surface area contributed by atoms with E-state index in [1.807, 2.05) is 37.3 Å². The van der Waals surface area contributed by atoms with Crippen molar-refractivity contribution in [2.75, 3.05) is 11.4 Å². The minimum Gasteiger partial charge on any atom is -0.311 e. The lowest BCUT2D eigenvalue weighted by atomic mass is 10.2. The van der Waals surface area contributed by atoms with Crippen molar-refractivity contribution in [1.82, 2.24) is 0 Å². The first-order valence-electron chi connectivity index (χ1n) is 7.41. The smallest absolute Gasteiger partial charge is 0.245 e. The van der Waals surface area contributed by atoms with E-state index in [2.05, 4.69) is 0 Å². The quantitative estimate of drug-likeness (QED) is 0.778. The molecule has 1 atom stereocenters. The number of rotatable bonds is 7. The van der Waals surface area contributed by atoms with Gasteiger partial charge in [0.1, 0.15) is 5.25 Å². The third kappa shape index (κ3) is 4.30. The van der Waals surface area contributed by atoms with Crippen molar-refractivity contribution < 1.29 is 13.2 Å². The Hall–Kier alpha value is -1.36. The van der Waals surface area contributed by atoms with Crippen LogP contribution >= 0.6 is 0 Å². The van der Waals surface area contributed by atoms with Crippen LogP contribution in [0.5, 0.6) is 0 Å². The van der Waals surface area contributed by atoms with Crippen LogP contribution in [0.15, 0.2) is 30.3 Å². The Balaban J connectivity index is 3.07. The van der Waals surface area contributed by atoms with Gasteiger partial charge in [0.25, 0.3) is 0 Å². The van der Waals surface area contributed by atoms with Crippen LogP contribution in [0.2, 0.25) is 0 Å². The van der Waals surface area contributed by atoms with Crippen LogP contribution in [-0.4, -0.2) is 31.4 Å². The summed E-state index contributed by atoms with van der Waals surface area (Å²) in [6.45, 7) is 7.29. The maximum atomic E-state index is 12.6. The van der Waals surface area contributed by atoms with Crippen molar-refractivity contribution in [3.05, 3.63) is 30.3 Å². The molecule has 0 saturated carbocycles. The van der Waals surface area contributed by atoms with Gasteiger partial charge in [0.15, 0.2) is 9.84 Å². The van der Waals surface area contributed by atoms with Crippen molar-refractivity contribution in [2.45, 2.75) is 51.0 Å². The minimum atomic E-state index is -3.45. The van der Waals surface area contributed by atoms with Gasteiger partial charge in [-0.2, -0.15) is 0 Å². The molecule has 0 heterocycles. The van der Waals surface area contributed by atoms with E-state index in [-0.39, 0.29) is 5.91 Å². The Labute approximate surface area is 128 Å². The topological polar surface area (TPSA) is 54.5 Å². The van der Waals surface area contributed by atoms with Crippen molar-refractivity contribution >= 4 is 21.4 Å². The summed E-state index contributed by atoms with van der Waals surface area (Å²) in [5.74, 6) is -0.344. The maximum absolute atomic E-state index is 12.6. The summed E-state index contributed by atoms with van der Waals surface area (Å²) < 4.78 is 24.5. The van der Waals surface area contributed by atoms with E-state index < -0.39 is 20.3 Å². The second-order valence-electron chi connectivity index (χ2n) is 5.46. The molecule has 1 aromatic carbocycles. The molecule has 1 aromatic rings. The number of carbonyl (C=O) groups excluding carboxylic acids is 1. The van der Waals surface area contributed by atoms with Crippen LogP contribution in [0.1, 0.15) is 40.5 Å². The van der Waals surface area contributed by atoms with Crippen molar-refractivity contribution in [3.63, 3.8) is 0 Å². The molecule has 0 radical (unpaired) electrons. The molecule has 0 aliphatic heterocycles. The number of anilines is 1. The summed E-state index contributed by atoms with van der Waals surface area (Å²) in [5, 5.41) is -1.57. The van der Waals surface area contributed by atoms with Gasteiger partial charge in [-0.3, -0.25) is 4.79 Å². The van der Waals surface area contributed by atoms with E-state index in [1.165, 1.54) is 6.92 Å². The fourth-order valence-electron chi connectivity index (χ4n) is 2.06. The SMILES string of the molecule is CCCCN(C(=O)[C@@H](C)S(=O)(=O)C(C)C)c1ccccc1. The number of sulfone groups is 1. The monoisotopic (exact) mass is 311 g/mol. The summed E-state index contributed by atoms with van der Waals surface area (Å²) >= 11 is 0.